The number of nitrogens with one attached hydrogen (secondary N) is 2. The summed E-state index contributed by atoms with van der Waals surface area (Å²) in [6, 6.07) is 0. The van der Waals surface area contributed by atoms with Crippen LogP contribution in [0.3, 0.4) is 0 Å². The van der Waals surface area contributed by atoms with E-state index >= 15 is 0 Å². The Morgan fingerprint density at radius 1 is 1.25 bits per heavy atom. The van der Waals surface area contributed by atoms with Crippen molar-refractivity contribution < 1.29 is 9.84 Å². The molecule has 1 atom stereocenters. The van der Waals surface area contributed by atoms with Crippen LogP contribution in [-0.2, 0) is 11.2 Å². The summed E-state index contributed by atoms with van der Waals surface area (Å²) in [6.07, 6.45) is 2.93. The van der Waals surface area contributed by atoms with Crippen LogP contribution in [-0.4, -0.2) is 47.5 Å². The fourth-order valence-corrected chi connectivity index (χ4v) is 1.90. The predicted molar refractivity (Wildman–Crippen MR) is 81.2 cm³/mol. The largest absolute Gasteiger partial charge is 0.388 e. The third kappa shape index (κ3) is 4.94. The number of nitrogens with zero attached hydrogens (tertiary/aromatic N) is 2. The lowest BCUT2D eigenvalue weighted by atomic mass is 10.0. The van der Waals surface area contributed by atoms with Crippen LogP contribution < -0.4 is 10.6 Å². The number of hydrogen-bond acceptors (Lipinski definition) is 6. The average Bonchev–Trinajstić information content (AvgIpc) is 2.43. The van der Waals surface area contributed by atoms with Crippen molar-refractivity contribution in [3.63, 3.8) is 0 Å². The molecule has 1 heterocycles. The zero-order chi connectivity index (χ0) is 15.0. The minimum Gasteiger partial charge on any atom is -0.388 e. The smallest absolute Gasteiger partial charge is 0.134 e. The average molecular weight is 282 g/mol. The lowest BCUT2D eigenvalue weighted by Crippen LogP contribution is -2.35. The molecule has 3 N–H and O–H groups in total. The summed E-state index contributed by atoms with van der Waals surface area (Å²) in [5.74, 6) is 1.63. The molecule has 0 fully saturated rings. The van der Waals surface area contributed by atoms with Gasteiger partial charge in [-0.15, -0.1) is 0 Å². The Labute approximate surface area is 121 Å². The zero-order valence-corrected chi connectivity index (χ0v) is 12.9. The molecule has 0 saturated heterocycles. The van der Waals surface area contributed by atoms with E-state index in [4.69, 9.17) is 4.74 Å². The maximum atomic E-state index is 10.2. The van der Waals surface area contributed by atoms with E-state index < -0.39 is 5.60 Å². The van der Waals surface area contributed by atoms with E-state index in [1.54, 1.807) is 14.0 Å². The van der Waals surface area contributed by atoms with Crippen LogP contribution in [0.25, 0.3) is 0 Å². The summed E-state index contributed by atoms with van der Waals surface area (Å²) >= 11 is 0. The molecule has 1 aromatic heterocycles. The summed E-state index contributed by atoms with van der Waals surface area (Å²) in [5.41, 5.74) is 0.210. The number of hydrogen-bond donors (Lipinski definition) is 3. The van der Waals surface area contributed by atoms with Crippen LogP contribution in [0, 0.1) is 0 Å². The van der Waals surface area contributed by atoms with Crippen LogP contribution in [0.15, 0.2) is 6.33 Å². The normalized spacial score (nSPS) is 13.8. The molecule has 0 aliphatic rings. The minimum atomic E-state index is -0.829. The Morgan fingerprint density at radius 2 is 1.90 bits per heavy atom. The monoisotopic (exact) mass is 282 g/mol. The topological polar surface area (TPSA) is 79.3 Å². The molecular formula is C14H26N4O2. The van der Waals surface area contributed by atoms with Crippen molar-refractivity contribution in [1.29, 1.82) is 0 Å². The fraction of sp³-hybridized carbons (Fsp3) is 0.714. The van der Waals surface area contributed by atoms with Crippen LogP contribution in [0.5, 0.6) is 0 Å². The lowest BCUT2D eigenvalue weighted by molar-refractivity contribution is 0.0357. The first-order valence-corrected chi connectivity index (χ1v) is 7.07. The van der Waals surface area contributed by atoms with E-state index in [9.17, 15) is 5.11 Å². The Kier molecular flexibility index (Phi) is 6.67. The molecule has 0 aliphatic heterocycles. The highest BCUT2D eigenvalue weighted by Crippen LogP contribution is 2.21. The molecule has 0 saturated carbocycles. The molecule has 6 nitrogen and oxygen atoms in total. The standard InChI is InChI=1S/C14H26N4O2/c1-5-11-12(15-6-2)17-10-18-13(11)16-9-14(3,19)7-8-20-4/h10,19H,5-9H2,1-4H3,(H2,15,16,17,18). The molecule has 0 amide bonds. The number of ether oxygens (including phenoxy) is 1. The van der Waals surface area contributed by atoms with Gasteiger partial charge in [-0.2, -0.15) is 0 Å². The van der Waals surface area contributed by atoms with Crippen molar-refractivity contribution in [2.45, 2.75) is 39.2 Å². The minimum absolute atomic E-state index is 0.423. The van der Waals surface area contributed by atoms with Gasteiger partial charge in [0, 0.05) is 38.8 Å². The number of methoxy groups -OCH3 is 1. The van der Waals surface area contributed by atoms with Gasteiger partial charge in [0.15, 0.2) is 0 Å². The first-order chi connectivity index (χ1) is 9.54. The Morgan fingerprint density at radius 3 is 2.45 bits per heavy atom. The molecule has 1 aromatic rings. The number of aromatic nitrogens is 2. The van der Waals surface area contributed by atoms with Gasteiger partial charge in [-0.3, -0.25) is 0 Å². The van der Waals surface area contributed by atoms with Gasteiger partial charge in [0.05, 0.1) is 5.60 Å². The highest BCUT2D eigenvalue weighted by molar-refractivity contribution is 5.57. The van der Waals surface area contributed by atoms with E-state index in [1.165, 1.54) is 6.33 Å². The second-order valence-electron chi connectivity index (χ2n) is 5.03. The molecule has 114 valence electrons. The van der Waals surface area contributed by atoms with Gasteiger partial charge < -0.3 is 20.5 Å². The number of aliphatic hydroxyl groups is 1. The molecule has 0 aromatic carbocycles. The summed E-state index contributed by atoms with van der Waals surface area (Å²) < 4.78 is 5.00. The van der Waals surface area contributed by atoms with Crippen LogP contribution in [0.2, 0.25) is 0 Å². The van der Waals surface area contributed by atoms with Gasteiger partial charge in [-0.1, -0.05) is 6.92 Å². The van der Waals surface area contributed by atoms with Crippen LogP contribution in [0.1, 0.15) is 32.8 Å². The van der Waals surface area contributed by atoms with Crippen molar-refractivity contribution in [2.24, 2.45) is 0 Å². The summed E-state index contributed by atoms with van der Waals surface area (Å²) in [6.45, 7) is 7.65. The number of rotatable bonds is 9. The molecule has 0 spiro atoms. The first-order valence-electron chi connectivity index (χ1n) is 7.07. The maximum Gasteiger partial charge on any atom is 0.134 e. The van der Waals surface area contributed by atoms with Gasteiger partial charge in [0.25, 0.3) is 0 Å². The molecule has 0 aliphatic carbocycles. The van der Waals surface area contributed by atoms with Crippen LogP contribution >= 0.6 is 0 Å². The summed E-state index contributed by atoms with van der Waals surface area (Å²) in [4.78, 5) is 8.52. The van der Waals surface area contributed by atoms with E-state index in [2.05, 4.69) is 27.5 Å². The molecule has 1 rings (SSSR count). The summed E-state index contributed by atoms with van der Waals surface area (Å²) in [7, 11) is 1.63. The zero-order valence-electron chi connectivity index (χ0n) is 12.9. The maximum absolute atomic E-state index is 10.2. The van der Waals surface area contributed by atoms with Crippen molar-refractivity contribution >= 4 is 11.6 Å². The van der Waals surface area contributed by atoms with E-state index in [0.717, 1.165) is 30.2 Å². The fourth-order valence-electron chi connectivity index (χ4n) is 1.90. The van der Waals surface area contributed by atoms with Crippen LogP contribution in [0.4, 0.5) is 11.6 Å². The van der Waals surface area contributed by atoms with E-state index in [0.29, 0.717) is 19.6 Å². The van der Waals surface area contributed by atoms with Crippen molar-refractivity contribution in [2.75, 3.05) is 37.4 Å². The molecule has 1 unspecified atom stereocenters. The third-order valence-corrected chi connectivity index (χ3v) is 3.12. The third-order valence-electron chi connectivity index (χ3n) is 3.12. The van der Waals surface area contributed by atoms with E-state index in [-0.39, 0.29) is 0 Å². The van der Waals surface area contributed by atoms with Gasteiger partial charge in [0.2, 0.25) is 0 Å². The molecular weight excluding hydrogens is 256 g/mol. The quantitative estimate of drug-likeness (QED) is 0.639. The second kappa shape index (κ2) is 8.01. The summed E-state index contributed by atoms with van der Waals surface area (Å²) in [5, 5.41) is 16.7. The molecule has 6 heteroatoms. The second-order valence-corrected chi connectivity index (χ2v) is 5.03. The molecule has 0 radical (unpaired) electrons. The Balaban J connectivity index is 2.74. The lowest BCUT2D eigenvalue weighted by Gasteiger charge is -2.24. The molecule has 20 heavy (non-hydrogen) atoms. The van der Waals surface area contributed by atoms with E-state index in [1.807, 2.05) is 6.92 Å². The molecule has 0 bridgehead atoms. The Hall–Kier alpha value is -1.40. The first kappa shape index (κ1) is 16.7. The highest BCUT2D eigenvalue weighted by Gasteiger charge is 2.21. The van der Waals surface area contributed by atoms with Gasteiger partial charge in [-0.05, 0) is 20.3 Å². The van der Waals surface area contributed by atoms with Crippen molar-refractivity contribution in [3.05, 3.63) is 11.9 Å². The number of anilines is 2. The SMILES string of the molecule is CCNc1ncnc(NCC(C)(O)CCOC)c1CC. The van der Waals surface area contributed by atoms with Crippen molar-refractivity contribution in [1.82, 2.24) is 9.97 Å². The Bertz CT molecular complexity index is 410. The highest BCUT2D eigenvalue weighted by atomic mass is 16.5. The van der Waals surface area contributed by atoms with Gasteiger partial charge >= 0.3 is 0 Å². The van der Waals surface area contributed by atoms with Crippen molar-refractivity contribution in [3.8, 4) is 0 Å². The van der Waals surface area contributed by atoms with Gasteiger partial charge in [-0.25, -0.2) is 9.97 Å². The van der Waals surface area contributed by atoms with Gasteiger partial charge in [0.1, 0.15) is 18.0 Å². The predicted octanol–water partition coefficient (Wildman–Crippen LogP) is 1.67.